The third-order valence-corrected chi connectivity index (χ3v) is 2.89. The Bertz CT molecular complexity index is 554. The second-order valence-corrected chi connectivity index (χ2v) is 4.36. The standard InChI is InChI=1S/C15H16FNO3/c1-17(9-8-12-5-4-10-19-12)15(18)11-20-14-7-3-2-6-13(14)16/h2-7,10H,8-9,11H2,1H3. The maximum absolute atomic E-state index is 13.3. The minimum atomic E-state index is -0.474. The highest BCUT2D eigenvalue weighted by atomic mass is 19.1. The second-order valence-electron chi connectivity index (χ2n) is 4.36. The molecule has 5 heteroatoms. The van der Waals surface area contributed by atoms with Gasteiger partial charge in [-0.15, -0.1) is 0 Å². The van der Waals surface area contributed by atoms with Gasteiger partial charge >= 0.3 is 0 Å². The van der Waals surface area contributed by atoms with Gasteiger partial charge in [-0.3, -0.25) is 4.79 Å². The Morgan fingerprint density at radius 1 is 1.30 bits per heavy atom. The van der Waals surface area contributed by atoms with E-state index >= 15 is 0 Å². The predicted molar refractivity (Wildman–Crippen MR) is 71.9 cm³/mol. The van der Waals surface area contributed by atoms with Gasteiger partial charge in [-0.05, 0) is 24.3 Å². The van der Waals surface area contributed by atoms with E-state index in [1.807, 2.05) is 6.07 Å². The van der Waals surface area contributed by atoms with Gasteiger partial charge in [0.25, 0.3) is 5.91 Å². The van der Waals surface area contributed by atoms with Crippen LogP contribution in [0.3, 0.4) is 0 Å². The Morgan fingerprint density at radius 3 is 2.80 bits per heavy atom. The molecule has 0 aliphatic heterocycles. The molecule has 0 saturated heterocycles. The van der Waals surface area contributed by atoms with Crippen molar-refractivity contribution in [1.29, 1.82) is 0 Å². The molecule has 0 fully saturated rings. The maximum Gasteiger partial charge on any atom is 0.260 e. The van der Waals surface area contributed by atoms with Crippen molar-refractivity contribution in [3.05, 3.63) is 54.2 Å². The fraction of sp³-hybridized carbons (Fsp3) is 0.267. The molecule has 0 unspecified atom stereocenters. The molecule has 106 valence electrons. The third-order valence-electron chi connectivity index (χ3n) is 2.89. The first kappa shape index (κ1) is 14.1. The van der Waals surface area contributed by atoms with Crippen LogP contribution in [0.25, 0.3) is 0 Å². The summed E-state index contributed by atoms with van der Waals surface area (Å²) in [5.74, 6) is 0.221. The molecule has 0 saturated carbocycles. The molecule has 1 aromatic heterocycles. The van der Waals surface area contributed by atoms with Crippen molar-refractivity contribution >= 4 is 5.91 Å². The molecule has 0 N–H and O–H groups in total. The molecule has 2 aromatic rings. The van der Waals surface area contributed by atoms with E-state index in [4.69, 9.17) is 9.15 Å². The lowest BCUT2D eigenvalue weighted by Gasteiger charge is -2.16. The van der Waals surface area contributed by atoms with E-state index in [-0.39, 0.29) is 18.3 Å². The number of ether oxygens (including phenoxy) is 1. The van der Waals surface area contributed by atoms with Crippen molar-refractivity contribution < 1.29 is 18.3 Å². The Hall–Kier alpha value is -2.30. The van der Waals surface area contributed by atoms with Crippen LogP contribution in [0.1, 0.15) is 5.76 Å². The van der Waals surface area contributed by atoms with E-state index in [0.717, 1.165) is 5.76 Å². The fourth-order valence-electron chi connectivity index (χ4n) is 1.67. The molecule has 20 heavy (non-hydrogen) atoms. The van der Waals surface area contributed by atoms with E-state index in [2.05, 4.69) is 0 Å². The van der Waals surface area contributed by atoms with Gasteiger partial charge in [0.15, 0.2) is 18.2 Å². The summed E-state index contributed by atoms with van der Waals surface area (Å²) in [5.41, 5.74) is 0. The number of hydrogen-bond donors (Lipinski definition) is 0. The van der Waals surface area contributed by atoms with Gasteiger partial charge in [-0.25, -0.2) is 4.39 Å². The number of carbonyl (C=O) groups excluding carboxylic acids is 1. The highest BCUT2D eigenvalue weighted by Crippen LogP contribution is 2.15. The molecule has 1 heterocycles. The van der Waals surface area contributed by atoms with E-state index in [0.29, 0.717) is 13.0 Å². The number of likely N-dealkylation sites (N-methyl/N-ethyl adjacent to an activating group) is 1. The van der Waals surface area contributed by atoms with Crippen molar-refractivity contribution in [2.45, 2.75) is 6.42 Å². The zero-order valence-corrected chi connectivity index (χ0v) is 11.2. The number of halogens is 1. The quantitative estimate of drug-likeness (QED) is 0.814. The van der Waals surface area contributed by atoms with Crippen molar-refractivity contribution in [1.82, 2.24) is 4.90 Å². The minimum absolute atomic E-state index is 0.0836. The molecule has 0 aliphatic carbocycles. The van der Waals surface area contributed by atoms with Crippen LogP contribution in [-0.2, 0) is 11.2 Å². The number of carbonyl (C=O) groups is 1. The lowest BCUT2D eigenvalue weighted by Crippen LogP contribution is -2.33. The molecule has 2 rings (SSSR count). The van der Waals surface area contributed by atoms with Crippen LogP contribution in [0.2, 0.25) is 0 Å². The summed E-state index contributed by atoms with van der Waals surface area (Å²) in [5, 5.41) is 0. The second kappa shape index (κ2) is 6.75. The molecule has 0 atom stereocenters. The van der Waals surface area contributed by atoms with Crippen LogP contribution in [0, 0.1) is 5.82 Å². The predicted octanol–water partition coefficient (Wildman–Crippen LogP) is 2.50. The summed E-state index contributed by atoms with van der Waals surface area (Å²) in [6.07, 6.45) is 2.23. The number of benzene rings is 1. The lowest BCUT2D eigenvalue weighted by atomic mass is 10.3. The van der Waals surface area contributed by atoms with Gasteiger partial charge in [0.05, 0.1) is 6.26 Å². The fourth-order valence-corrected chi connectivity index (χ4v) is 1.67. The van der Waals surface area contributed by atoms with Crippen molar-refractivity contribution in [2.75, 3.05) is 20.2 Å². The van der Waals surface area contributed by atoms with E-state index < -0.39 is 5.82 Å². The number of amides is 1. The number of furan rings is 1. The zero-order valence-electron chi connectivity index (χ0n) is 11.2. The first-order valence-electron chi connectivity index (χ1n) is 6.30. The van der Waals surface area contributed by atoms with Crippen LogP contribution in [0.5, 0.6) is 5.75 Å². The Balaban J connectivity index is 1.78. The first-order chi connectivity index (χ1) is 9.66. The van der Waals surface area contributed by atoms with Crippen LogP contribution in [0.4, 0.5) is 4.39 Å². The first-order valence-corrected chi connectivity index (χ1v) is 6.30. The average molecular weight is 277 g/mol. The van der Waals surface area contributed by atoms with Crippen molar-refractivity contribution in [3.8, 4) is 5.75 Å². The summed E-state index contributed by atoms with van der Waals surface area (Å²) in [6.45, 7) is 0.336. The van der Waals surface area contributed by atoms with Gasteiger partial charge < -0.3 is 14.1 Å². The zero-order chi connectivity index (χ0) is 14.4. The summed E-state index contributed by atoms with van der Waals surface area (Å²) in [6, 6.07) is 9.67. The highest BCUT2D eigenvalue weighted by molar-refractivity contribution is 5.77. The number of rotatable bonds is 6. The molecular formula is C15H16FNO3. The number of para-hydroxylation sites is 1. The summed E-state index contributed by atoms with van der Waals surface area (Å²) >= 11 is 0. The van der Waals surface area contributed by atoms with Crippen LogP contribution in [-0.4, -0.2) is 31.0 Å². The molecule has 0 spiro atoms. The minimum Gasteiger partial charge on any atom is -0.481 e. The van der Waals surface area contributed by atoms with Crippen LogP contribution in [0.15, 0.2) is 47.1 Å². The topological polar surface area (TPSA) is 42.7 Å². The smallest absolute Gasteiger partial charge is 0.260 e. The molecule has 1 aromatic carbocycles. The van der Waals surface area contributed by atoms with Gasteiger partial charge in [0, 0.05) is 20.0 Å². The van der Waals surface area contributed by atoms with Gasteiger partial charge in [0.2, 0.25) is 0 Å². The average Bonchev–Trinajstić information content (AvgIpc) is 2.97. The van der Waals surface area contributed by atoms with E-state index in [1.165, 1.54) is 17.0 Å². The van der Waals surface area contributed by atoms with Crippen molar-refractivity contribution in [3.63, 3.8) is 0 Å². The molecule has 0 radical (unpaired) electrons. The molecule has 0 aliphatic rings. The summed E-state index contributed by atoms with van der Waals surface area (Å²) in [4.78, 5) is 13.4. The van der Waals surface area contributed by atoms with Gasteiger partial charge in [-0.2, -0.15) is 0 Å². The van der Waals surface area contributed by atoms with Gasteiger partial charge in [0.1, 0.15) is 5.76 Å². The van der Waals surface area contributed by atoms with Crippen molar-refractivity contribution in [2.24, 2.45) is 0 Å². The number of nitrogens with zero attached hydrogens (tertiary/aromatic N) is 1. The molecular weight excluding hydrogens is 261 g/mol. The van der Waals surface area contributed by atoms with Crippen LogP contribution >= 0.6 is 0 Å². The Kier molecular flexibility index (Phi) is 4.76. The molecule has 4 nitrogen and oxygen atoms in total. The van der Waals surface area contributed by atoms with E-state index in [1.54, 1.807) is 31.5 Å². The molecule has 1 amide bonds. The highest BCUT2D eigenvalue weighted by Gasteiger charge is 2.11. The Labute approximate surface area is 116 Å². The normalized spacial score (nSPS) is 10.3. The summed E-state index contributed by atoms with van der Waals surface area (Å²) in [7, 11) is 1.68. The largest absolute Gasteiger partial charge is 0.481 e. The maximum atomic E-state index is 13.3. The van der Waals surface area contributed by atoms with Gasteiger partial charge in [-0.1, -0.05) is 12.1 Å². The summed E-state index contributed by atoms with van der Waals surface area (Å²) < 4.78 is 23.7. The Morgan fingerprint density at radius 2 is 2.10 bits per heavy atom. The van der Waals surface area contributed by atoms with E-state index in [9.17, 15) is 9.18 Å². The SMILES string of the molecule is CN(CCc1ccco1)C(=O)COc1ccccc1F. The monoisotopic (exact) mass is 277 g/mol. The third kappa shape index (κ3) is 3.85. The lowest BCUT2D eigenvalue weighted by molar-refractivity contribution is -0.132. The van der Waals surface area contributed by atoms with Crippen LogP contribution < -0.4 is 4.74 Å². The number of hydrogen-bond acceptors (Lipinski definition) is 3. The molecule has 0 bridgehead atoms.